The molecule has 0 fully saturated rings. The predicted octanol–water partition coefficient (Wildman–Crippen LogP) is 2.81. The molecule has 0 aliphatic heterocycles. The van der Waals surface area contributed by atoms with Gasteiger partial charge in [-0.25, -0.2) is 0 Å². The number of rotatable bonds is 6. The summed E-state index contributed by atoms with van der Waals surface area (Å²) in [6.07, 6.45) is 1.86. The van der Waals surface area contributed by atoms with Crippen LogP contribution in [-0.4, -0.2) is 22.7 Å². The third kappa shape index (κ3) is 3.80. The minimum atomic E-state index is -0.475. The fourth-order valence-corrected chi connectivity index (χ4v) is 1.98. The van der Waals surface area contributed by atoms with Gasteiger partial charge in [0.15, 0.2) is 0 Å². The van der Waals surface area contributed by atoms with Crippen LogP contribution in [-0.2, 0) is 0 Å². The Hall–Kier alpha value is -1.43. The standard InChI is InChI=1S/C12H15BrN2O3/c1-9-10(5-4-6-11(9)15(17)18)12(16)14-8-3-2-7-13/h4-6H,2-3,7-8H2,1H3,(H,14,16). The van der Waals surface area contributed by atoms with E-state index in [4.69, 9.17) is 0 Å². The van der Waals surface area contributed by atoms with Crippen molar-refractivity contribution >= 4 is 27.5 Å². The number of hydrogen-bond acceptors (Lipinski definition) is 3. The molecule has 1 rings (SSSR count). The number of carbonyl (C=O) groups is 1. The van der Waals surface area contributed by atoms with Crippen molar-refractivity contribution in [1.29, 1.82) is 0 Å². The Kier molecular flexibility index (Phi) is 5.77. The largest absolute Gasteiger partial charge is 0.352 e. The van der Waals surface area contributed by atoms with E-state index in [0.717, 1.165) is 18.2 Å². The number of benzene rings is 1. The van der Waals surface area contributed by atoms with Gasteiger partial charge in [0.05, 0.1) is 4.92 Å². The summed E-state index contributed by atoms with van der Waals surface area (Å²) in [5.41, 5.74) is 0.742. The van der Waals surface area contributed by atoms with Gasteiger partial charge in [-0.1, -0.05) is 22.0 Å². The fraction of sp³-hybridized carbons (Fsp3) is 0.417. The summed E-state index contributed by atoms with van der Waals surface area (Å²) in [7, 11) is 0. The number of alkyl halides is 1. The monoisotopic (exact) mass is 314 g/mol. The van der Waals surface area contributed by atoms with Gasteiger partial charge in [0, 0.05) is 29.1 Å². The van der Waals surface area contributed by atoms with Crippen LogP contribution in [0.15, 0.2) is 18.2 Å². The molecule has 1 aromatic rings. The number of carbonyl (C=O) groups excluding carboxylic acids is 1. The first-order chi connectivity index (χ1) is 8.57. The number of halogens is 1. The molecule has 1 aromatic carbocycles. The van der Waals surface area contributed by atoms with E-state index in [1.807, 2.05) is 0 Å². The van der Waals surface area contributed by atoms with Crippen molar-refractivity contribution in [3.8, 4) is 0 Å². The molecule has 0 unspecified atom stereocenters. The Morgan fingerprint density at radius 1 is 1.44 bits per heavy atom. The van der Waals surface area contributed by atoms with Crippen LogP contribution in [0.25, 0.3) is 0 Å². The lowest BCUT2D eigenvalue weighted by molar-refractivity contribution is -0.385. The molecule has 0 heterocycles. The highest BCUT2D eigenvalue weighted by molar-refractivity contribution is 9.09. The van der Waals surface area contributed by atoms with Crippen molar-refractivity contribution in [1.82, 2.24) is 5.32 Å². The summed E-state index contributed by atoms with van der Waals surface area (Å²) < 4.78 is 0. The lowest BCUT2D eigenvalue weighted by atomic mass is 10.1. The maximum Gasteiger partial charge on any atom is 0.273 e. The van der Waals surface area contributed by atoms with Gasteiger partial charge >= 0.3 is 0 Å². The zero-order valence-corrected chi connectivity index (χ0v) is 11.7. The molecule has 0 saturated heterocycles. The molecule has 0 aliphatic rings. The summed E-state index contributed by atoms with van der Waals surface area (Å²) in [5, 5.41) is 14.4. The Labute approximate surface area is 114 Å². The fourth-order valence-electron chi connectivity index (χ4n) is 1.58. The topological polar surface area (TPSA) is 72.2 Å². The van der Waals surface area contributed by atoms with Gasteiger partial charge < -0.3 is 5.32 Å². The van der Waals surface area contributed by atoms with Gasteiger partial charge in [-0.05, 0) is 25.8 Å². The van der Waals surface area contributed by atoms with Crippen molar-refractivity contribution in [2.45, 2.75) is 19.8 Å². The van der Waals surface area contributed by atoms with Crippen molar-refractivity contribution in [2.24, 2.45) is 0 Å². The third-order valence-corrected chi connectivity index (χ3v) is 3.15. The van der Waals surface area contributed by atoms with E-state index in [-0.39, 0.29) is 11.6 Å². The summed E-state index contributed by atoms with van der Waals surface area (Å²) in [6.45, 7) is 2.16. The van der Waals surface area contributed by atoms with Crippen LogP contribution < -0.4 is 5.32 Å². The molecule has 0 spiro atoms. The maximum absolute atomic E-state index is 11.9. The molecule has 18 heavy (non-hydrogen) atoms. The minimum Gasteiger partial charge on any atom is -0.352 e. The second-order valence-electron chi connectivity index (χ2n) is 3.86. The summed E-state index contributed by atoms with van der Waals surface area (Å²) in [6, 6.07) is 4.53. The van der Waals surface area contributed by atoms with Crippen LogP contribution in [0.2, 0.25) is 0 Å². The predicted molar refractivity (Wildman–Crippen MR) is 73.2 cm³/mol. The smallest absolute Gasteiger partial charge is 0.273 e. The number of nitro groups is 1. The van der Waals surface area contributed by atoms with Crippen molar-refractivity contribution < 1.29 is 9.72 Å². The number of hydrogen-bond donors (Lipinski definition) is 1. The highest BCUT2D eigenvalue weighted by Crippen LogP contribution is 2.20. The highest BCUT2D eigenvalue weighted by Gasteiger charge is 2.17. The van der Waals surface area contributed by atoms with Gasteiger partial charge in [-0.15, -0.1) is 0 Å². The first-order valence-corrected chi connectivity index (χ1v) is 6.78. The van der Waals surface area contributed by atoms with Gasteiger partial charge in [-0.2, -0.15) is 0 Å². The number of nitrogens with zero attached hydrogens (tertiary/aromatic N) is 1. The van der Waals surface area contributed by atoms with E-state index >= 15 is 0 Å². The summed E-state index contributed by atoms with van der Waals surface area (Å²) in [4.78, 5) is 22.1. The first-order valence-electron chi connectivity index (χ1n) is 5.66. The quantitative estimate of drug-likeness (QED) is 0.380. The molecule has 0 radical (unpaired) electrons. The van der Waals surface area contributed by atoms with Gasteiger partial charge in [0.25, 0.3) is 11.6 Å². The van der Waals surface area contributed by atoms with Crippen LogP contribution in [0.5, 0.6) is 0 Å². The first kappa shape index (κ1) is 14.6. The molecule has 0 aliphatic carbocycles. The molecule has 0 bridgehead atoms. The van der Waals surface area contributed by atoms with Gasteiger partial charge in [0.2, 0.25) is 0 Å². The Bertz CT molecular complexity index is 449. The highest BCUT2D eigenvalue weighted by atomic mass is 79.9. The lowest BCUT2D eigenvalue weighted by Gasteiger charge is -2.07. The SMILES string of the molecule is Cc1c(C(=O)NCCCCBr)cccc1[N+](=O)[O-]. The number of nitro benzene ring substituents is 1. The Balaban J connectivity index is 2.74. The Morgan fingerprint density at radius 3 is 2.78 bits per heavy atom. The van der Waals surface area contributed by atoms with Crippen molar-refractivity contribution in [3.63, 3.8) is 0 Å². The molecule has 0 atom stereocenters. The van der Waals surface area contributed by atoms with E-state index in [1.54, 1.807) is 13.0 Å². The average molecular weight is 315 g/mol. The minimum absolute atomic E-state index is 0.0249. The molecule has 5 nitrogen and oxygen atoms in total. The summed E-state index contributed by atoms with van der Waals surface area (Å²) in [5.74, 6) is -0.259. The Morgan fingerprint density at radius 2 is 2.17 bits per heavy atom. The van der Waals surface area contributed by atoms with Crippen LogP contribution >= 0.6 is 15.9 Å². The molecule has 98 valence electrons. The van der Waals surface area contributed by atoms with Gasteiger partial charge in [0.1, 0.15) is 0 Å². The molecular formula is C12H15BrN2O3. The average Bonchev–Trinajstić information content (AvgIpc) is 2.34. The van der Waals surface area contributed by atoms with E-state index in [2.05, 4.69) is 21.2 Å². The lowest BCUT2D eigenvalue weighted by Crippen LogP contribution is -2.25. The normalized spacial score (nSPS) is 10.1. The second kappa shape index (κ2) is 7.10. The second-order valence-corrected chi connectivity index (χ2v) is 4.65. The van der Waals surface area contributed by atoms with Crippen LogP contribution in [0.1, 0.15) is 28.8 Å². The van der Waals surface area contributed by atoms with Crippen molar-refractivity contribution in [3.05, 3.63) is 39.4 Å². The summed E-state index contributed by atoms with van der Waals surface area (Å²) >= 11 is 3.31. The zero-order chi connectivity index (χ0) is 13.5. The number of unbranched alkanes of at least 4 members (excludes halogenated alkanes) is 1. The zero-order valence-electron chi connectivity index (χ0n) is 10.1. The van der Waals surface area contributed by atoms with Crippen LogP contribution in [0.4, 0.5) is 5.69 Å². The molecular weight excluding hydrogens is 300 g/mol. The number of nitrogens with one attached hydrogen (secondary N) is 1. The molecule has 6 heteroatoms. The molecule has 0 saturated carbocycles. The van der Waals surface area contributed by atoms with E-state index in [0.29, 0.717) is 17.7 Å². The number of amides is 1. The molecule has 1 amide bonds. The van der Waals surface area contributed by atoms with Crippen LogP contribution in [0.3, 0.4) is 0 Å². The van der Waals surface area contributed by atoms with Gasteiger partial charge in [-0.3, -0.25) is 14.9 Å². The van der Waals surface area contributed by atoms with E-state index in [1.165, 1.54) is 12.1 Å². The van der Waals surface area contributed by atoms with Crippen LogP contribution in [0, 0.1) is 17.0 Å². The van der Waals surface area contributed by atoms with E-state index in [9.17, 15) is 14.9 Å². The van der Waals surface area contributed by atoms with E-state index < -0.39 is 4.92 Å². The molecule has 0 aromatic heterocycles. The molecule has 1 N–H and O–H groups in total. The third-order valence-electron chi connectivity index (χ3n) is 2.59. The van der Waals surface area contributed by atoms with Crippen molar-refractivity contribution in [2.75, 3.05) is 11.9 Å². The maximum atomic E-state index is 11.9.